The topological polar surface area (TPSA) is 142 Å². The number of carbonyl (C=O) groups excluding carboxylic acids is 5. The van der Waals surface area contributed by atoms with E-state index in [0.717, 1.165) is 4.90 Å². The number of benzene rings is 3. The van der Waals surface area contributed by atoms with Crippen molar-refractivity contribution < 1.29 is 33.8 Å². The van der Waals surface area contributed by atoms with Crippen molar-refractivity contribution in [2.75, 3.05) is 11.5 Å². The number of anilines is 1. The third-order valence-electron chi connectivity index (χ3n) is 5.50. The van der Waals surface area contributed by atoms with Gasteiger partial charge in [0.05, 0.1) is 17.7 Å². The Bertz CT molecular complexity index is 1360. The highest BCUT2D eigenvalue weighted by Gasteiger charge is 2.39. The zero-order valence-electron chi connectivity index (χ0n) is 19.1. The van der Waals surface area contributed by atoms with Crippen molar-refractivity contribution in [3.05, 3.63) is 94.5 Å². The number of esters is 1. The summed E-state index contributed by atoms with van der Waals surface area (Å²) in [6.45, 7) is -0.464. The smallest absolute Gasteiger partial charge is 0.338 e. The summed E-state index contributed by atoms with van der Waals surface area (Å²) in [6, 6.07) is 16.2. The van der Waals surface area contributed by atoms with E-state index in [9.17, 15) is 29.1 Å². The van der Waals surface area contributed by atoms with Gasteiger partial charge in [0.1, 0.15) is 11.8 Å². The molecule has 3 aromatic rings. The molecule has 0 spiro atoms. The molecule has 3 aromatic carbocycles. The van der Waals surface area contributed by atoms with Gasteiger partial charge in [-0.05, 0) is 72.8 Å². The van der Waals surface area contributed by atoms with Crippen molar-refractivity contribution in [2.45, 2.75) is 12.5 Å². The fourth-order valence-electron chi connectivity index (χ4n) is 3.53. The van der Waals surface area contributed by atoms with E-state index >= 15 is 0 Å². The summed E-state index contributed by atoms with van der Waals surface area (Å²) in [5.74, 6) is -2.76. The quantitative estimate of drug-likeness (QED) is 0.178. The maximum atomic E-state index is 12.8. The Morgan fingerprint density at radius 1 is 0.892 bits per heavy atom. The molecule has 10 nitrogen and oxygen atoms in total. The molecular weight excluding hydrogens is 502 g/mol. The van der Waals surface area contributed by atoms with Crippen LogP contribution in [0.4, 0.5) is 5.69 Å². The zero-order valence-corrected chi connectivity index (χ0v) is 19.9. The van der Waals surface area contributed by atoms with Crippen LogP contribution >= 0.6 is 11.6 Å². The van der Waals surface area contributed by atoms with Crippen LogP contribution in [0.25, 0.3) is 0 Å². The van der Waals surface area contributed by atoms with E-state index in [0.29, 0.717) is 10.6 Å². The van der Waals surface area contributed by atoms with E-state index in [1.807, 2.05) is 0 Å². The third-order valence-corrected chi connectivity index (χ3v) is 5.75. The van der Waals surface area contributed by atoms with E-state index < -0.39 is 42.1 Å². The second-order valence-corrected chi connectivity index (χ2v) is 8.46. The highest BCUT2D eigenvalue weighted by atomic mass is 35.5. The first kappa shape index (κ1) is 25.5. The fraction of sp³-hybridized carbons (Fsp3) is 0.115. The Morgan fingerprint density at radius 3 is 2.14 bits per heavy atom. The van der Waals surface area contributed by atoms with E-state index in [1.165, 1.54) is 60.7 Å². The number of hydrazine groups is 1. The molecule has 1 heterocycles. The number of ketones is 1. The molecule has 3 amide bonds. The maximum Gasteiger partial charge on any atom is 0.338 e. The van der Waals surface area contributed by atoms with Gasteiger partial charge in [0.15, 0.2) is 12.4 Å². The van der Waals surface area contributed by atoms with Crippen molar-refractivity contribution in [3.63, 3.8) is 0 Å². The molecular formula is C26H20ClN3O7. The molecule has 0 saturated carbocycles. The van der Waals surface area contributed by atoms with Gasteiger partial charge < -0.3 is 9.84 Å². The predicted octanol–water partition coefficient (Wildman–Crippen LogP) is 2.65. The number of aromatic hydroxyl groups is 1. The molecule has 1 fully saturated rings. The van der Waals surface area contributed by atoms with Crippen LogP contribution in [0.3, 0.4) is 0 Å². The largest absolute Gasteiger partial charge is 0.508 e. The van der Waals surface area contributed by atoms with E-state index in [1.54, 1.807) is 12.1 Å². The van der Waals surface area contributed by atoms with Crippen LogP contribution in [0, 0.1) is 0 Å². The van der Waals surface area contributed by atoms with Crippen LogP contribution in [-0.4, -0.2) is 47.2 Å². The molecule has 37 heavy (non-hydrogen) atoms. The van der Waals surface area contributed by atoms with Gasteiger partial charge >= 0.3 is 5.97 Å². The van der Waals surface area contributed by atoms with Crippen LogP contribution in [0.5, 0.6) is 5.75 Å². The Balaban J connectivity index is 1.33. The number of Topliss-reactive ketones (excluding diaryl/α,β-unsaturated/α-hetero) is 1. The molecule has 0 aliphatic carbocycles. The summed E-state index contributed by atoms with van der Waals surface area (Å²) >= 11 is 5.80. The molecule has 1 aliphatic rings. The first-order chi connectivity index (χ1) is 17.7. The minimum Gasteiger partial charge on any atom is -0.508 e. The lowest BCUT2D eigenvalue weighted by Crippen LogP contribution is -2.48. The number of amides is 3. The monoisotopic (exact) mass is 521 g/mol. The summed E-state index contributed by atoms with van der Waals surface area (Å²) < 4.78 is 5.06. The maximum absolute atomic E-state index is 12.8. The van der Waals surface area contributed by atoms with Crippen LogP contribution in [-0.2, 0) is 14.3 Å². The van der Waals surface area contributed by atoms with E-state index in [4.69, 9.17) is 16.3 Å². The lowest BCUT2D eigenvalue weighted by molar-refractivity contribution is -0.121. The number of imide groups is 1. The Hall–Kier alpha value is -4.54. The van der Waals surface area contributed by atoms with Crippen molar-refractivity contribution in [3.8, 4) is 5.75 Å². The van der Waals surface area contributed by atoms with E-state index in [2.05, 4.69) is 10.9 Å². The number of phenols is 1. The van der Waals surface area contributed by atoms with Crippen LogP contribution in [0.1, 0.15) is 37.5 Å². The average Bonchev–Trinajstić information content (AvgIpc) is 3.19. The minimum atomic E-state index is -0.989. The molecule has 1 saturated heterocycles. The van der Waals surface area contributed by atoms with Gasteiger partial charge in [-0.3, -0.25) is 24.6 Å². The predicted molar refractivity (Wildman–Crippen MR) is 132 cm³/mol. The summed E-state index contributed by atoms with van der Waals surface area (Å²) in [5, 5.41) is 9.79. The van der Waals surface area contributed by atoms with Gasteiger partial charge in [-0.15, -0.1) is 0 Å². The number of rotatable bonds is 8. The van der Waals surface area contributed by atoms with E-state index in [-0.39, 0.29) is 29.0 Å². The van der Waals surface area contributed by atoms with Gasteiger partial charge in [-0.2, -0.15) is 0 Å². The van der Waals surface area contributed by atoms with Gasteiger partial charge in [0, 0.05) is 16.1 Å². The molecule has 1 unspecified atom stereocenters. The normalized spacial score (nSPS) is 14.9. The number of hydrogen-bond donors (Lipinski definition) is 3. The van der Waals surface area contributed by atoms with Crippen molar-refractivity contribution >= 4 is 46.8 Å². The van der Waals surface area contributed by atoms with Gasteiger partial charge in [0.25, 0.3) is 11.8 Å². The van der Waals surface area contributed by atoms with Crippen molar-refractivity contribution in [1.82, 2.24) is 10.9 Å². The number of carbonyl (C=O) groups is 5. The summed E-state index contributed by atoms with van der Waals surface area (Å²) in [4.78, 5) is 62.9. The molecule has 11 heteroatoms. The Kier molecular flexibility index (Phi) is 7.61. The second kappa shape index (κ2) is 11.0. The molecule has 1 atom stereocenters. The number of nitrogens with zero attached hydrogens (tertiary/aromatic N) is 1. The van der Waals surface area contributed by atoms with Crippen LogP contribution in [0.2, 0.25) is 5.02 Å². The number of nitrogens with one attached hydrogen (secondary N) is 2. The first-order valence-corrected chi connectivity index (χ1v) is 11.4. The molecule has 4 rings (SSSR count). The molecule has 0 bridgehead atoms. The number of halogens is 1. The summed E-state index contributed by atoms with van der Waals surface area (Å²) in [7, 11) is 0. The lowest BCUT2D eigenvalue weighted by Gasteiger charge is -2.16. The third kappa shape index (κ3) is 6.00. The Labute approximate surface area is 215 Å². The molecule has 0 aromatic heterocycles. The fourth-order valence-corrected chi connectivity index (χ4v) is 3.66. The number of hydrogen-bond acceptors (Lipinski definition) is 8. The minimum absolute atomic E-state index is 0.00225. The molecule has 0 radical (unpaired) electrons. The highest BCUT2D eigenvalue weighted by molar-refractivity contribution is 6.30. The van der Waals surface area contributed by atoms with Crippen molar-refractivity contribution in [2.24, 2.45) is 0 Å². The SMILES string of the molecule is O=C(COC(=O)c1ccc(N2C(=O)CC(NNC(=O)c3ccc(O)cc3)C2=O)cc1)c1ccc(Cl)cc1. The Morgan fingerprint density at radius 2 is 1.49 bits per heavy atom. The standard InChI is InChI=1S/C26H20ClN3O7/c27-18-7-1-15(2-8-18)22(32)14-37-26(36)17-3-9-19(10-4-17)30-23(33)13-21(25(30)35)28-29-24(34)16-5-11-20(31)12-6-16/h1-12,21,28,31H,13-14H2,(H,29,34). The summed E-state index contributed by atoms with van der Waals surface area (Å²) in [6.07, 6.45) is -0.189. The molecule has 3 N–H and O–H groups in total. The van der Waals surface area contributed by atoms with Gasteiger partial charge in [-0.1, -0.05) is 11.6 Å². The zero-order chi connectivity index (χ0) is 26.5. The van der Waals surface area contributed by atoms with Gasteiger partial charge in [-0.25, -0.2) is 15.1 Å². The average molecular weight is 522 g/mol. The lowest BCUT2D eigenvalue weighted by atomic mass is 10.1. The van der Waals surface area contributed by atoms with Crippen molar-refractivity contribution in [1.29, 1.82) is 0 Å². The number of ether oxygens (including phenoxy) is 1. The molecule has 1 aliphatic heterocycles. The molecule has 188 valence electrons. The summed E-state index contributed by atoms with van der Waals surface area (Å²) in [5.41, 5.74) is 5.90. The highest BCUT2D eigenvalue weighted by Crippen LogP contribution is 2.23. The van der Waals surface area contributed by atoms with Crippen LogP contribution < -0.4 is 15.8 Å². The van der Waals surface area contributed by atoms with Crippen LogP contribution in [0.15, 0.2) is 72.8 Å². The van der Waals surface area contributed by atoms with Gasteiger partial charge in [0.2, 0.25) is 5.91 Å². The second-order valence-electron chi connectivity index (χ2n) is 8.02. The number of phenolic OH excluding ortho intramolecular Hbond substituents is 1. The first-order valence-electron chi connectivity index (χ1n) is 11.0.